The van der Waals surface area contributed by atoms with Crippen molar-refractivity contribution in [1.82, 2.24) is 4.31 Å². The quantitative estimate of drug-likeness (QED) is 0.478. The van der Waals surface area contributed by atoms with Gasteiger partial charge in [0.1, 0.15) is 5.82 Å². The van der Waals surface area contributed by atoms with Crippen LogP contribution in [0.4, 0.5) is 10.1 Å². The molecule has 0 N–H and O–H groups in total. The van der Waals surface area contributed by atoms with Crippen molar-refractivity contribution in [2.75, 3.05) is 32.1 Å². The predicted molar refractivity (Wildman–Crippen MR) is 114 cm³/mol. The van der Waals surface area contributed by atoms with Gasteiger partial charge in [-0.15, -0.1) is 0 Å². The summed E-state index contributed by atoms with van der Waals surface area (Å²) >= 11 is 0. The number of sulfonamides is 1. The zero-order valence-electron chi connectivity index (χ0n) is 17.7. The predicted octanol–water partition coefficient (Wildman–Crippen LogP) is 3.10. The Morgan fingerprint density at radius 1 is 1.06 bits per heavy atom. The maximum absolute atomic E-state index is 13.1. The molecule has 3 rings (SSSR count). The number of ketones is 1. The van der Waals surface area contributed by atoms with E-state index in [1.165, 1.54) is 45.3 Å². The number of hydrogen-bond acceptors (Lipinski definition) is 6. The Labute approximate surface area is 181 Å². The molecule has 1 atom stereocenters. The SMILES string of the molecule is CC(OC(=O)c1cc(S(=O)(=O)N(C)C)ccc1N1CCCC1)C(=O)c1ccc(F)cc1. The van der Waals surface area contributed by atoms with Gasteiger partial charge in [0.05, 0.1) is 16.1 Å². The van der Waals surface area contributed by atoms with E-state index in [-0.39, 0.29) is 16.0 Å². The van der Waals surface area contributed by atoms with Gasteiger partial charge in [0.25, 0.3) is 0 Å². The van der Waals surface area contributed by atoms with Gasteiger partial charge in [0, 0.05) is 32.7 Å². The molecule has 0 amide bonds. The number of Topliss-reactive ketones (excluding diaryl/α,β-unsaturated/α-hetero) is 1. The molecule has 166 valence electrons. The lowest BCUT2D eigenvalue weighted by Crippen LogP contribution is -2.27. The zero-order chi connectivity index (χ0) is 22.8. The second-order valence-corrected chi connectivity index (χ2v) is 9.73. The first-order valence-electron chi connectivity index (χ1n) is 9.93. The standard InChI is InChI=1S/C22H25FN2O5S/c1-15(21(26)16-6-8-17(23)9-7-16)30-22(27)19-14-18(31(28,29)24(2)3)10-11-20(19)25-12-4-5-13-25/h6-11,14-15H,4-5,12-13H2,1-3H3. The summed E-state index contributed by atoms with van der Waals surface area (Å²) in [5, 5.41) is 0. The zero-order valence-corrected chi connectivity index (χ0v) is 18.5. The van der Waals surface area contributed by atoms with Crippen molar-refractivity contribution in [1.29, 1.82) is 0 Å². The molecule has 0 aliphatic carbocycles. The Bertz CT molecular complexity index is 1080. The molecule has 1 fully saturated rings. The highest BCUT2D eigenvalue weighted by atomic mass is 32.2. The van der Waals surface area contributed by atoms with Crippen LogP contribution in [0.15, 0.2) is 47.4 Å². The highest BCUT2D eigenvalue weighted by Gasteiger charge is 2.27. The van der Waals surface area contributed by atoms with E-state index in [0.29, 0.717) is 5.69 Å². The minimum Gasteiger partial charge on any atom is -0.451 e. The molecule has 1 aliphatic rings. The number of esters is 1. The first kappa shape index (κ1) is 22.9. The average Bonchev–Trinajstić information content (AvgIpc) is 3.27. The van der Waals surface area contributed by atoms with Gasteiger partial charge in [-0.05, 0) is 62.2 Å². The third-order valence-electron chi connectivity index (χ3n) is 5.20. The van der Waals surface area contributed by atoms with Gasteiger partial charge < -0.3 is 9.64 Å². The van der Waals surface area contributed by atoms with E-state index in [2.05, 4.69) is 0 Å². The molecule has 1 saturated heterocycles. The van der Waals surface area contributed by atoms with E-state index in [0.717, 1.165) is 42.4 Å². The van der Waals surface area contributed by atoms with Gasteiger partial charge >= 0.3 is 5.97 Å². The van der Waals surface area contributed by atoms with E-state index < -0.39 is 33.7 Å². The molecule has 1 unspecified atom stereocenters. The number of benzene rings is 2. The number of nitrogens with zero attached hydrogens (tertiary/aromatic N) is 2. The third kappa shape index (κ3) is 4.94. The highest BCUT2D eigenvalue weighted by molar-refractivity contribution is 7.89. The van der Waals surface area contributed by atoms with Crippen molar-refractivity contribution in [2.24, 2.45) is 0 Å². The van der Waals surface area contributed by atoms with E-state index in [9.17, 15) is 22.4 Å². The van der Waals surface area contributed by atoms with Crippen molar-refractivity contribution in [2.45, 2.75) is 30.8 Å². The summed E-state index contributed by atoms with van der Waals surface area (Å²) < 4.78 is 44.7. The Balaban J connectivity index is 1.91. The van der Waals surface area contributed by atoms with Crippen LogP contribution in [0.2, 0.25) is 0 Å². The maximum atomic E-state index is 13.1. The van der Waals surface area contributed by atoms with Crippen LogP contribution < -0.4 is 4.90 Å². The summed E-state index contributed by atoms with van der Waals surface area (Å²) in [5.41, 5.74) is 0.871. The van der Waals surface area contributed by atoms with Crippen molar-refractivity contribution in [3.63, 3.8) is 0 Å². The summed E-state index contributed by atoms with van der Waals surface area (Å²) in [6, 6.07) is 9.31. The fraction of sp³-hybridized carbons (Fsp3) is 0.364. The van der Waals surface area contributed by atoms with Crippen molar-refractivity contribution >= 4 is 27.5 Å². The van der Waals surface area contributed by atoms with Gasteiger partial charge in [-0.3, -0.25) is 4.79 Å². The van der Waals surface area contributed by atoms with Gasteiger partial charge in [-0.1, -0.05) is 0 Å². The minimum absolute atomic E-state index is 0.0371. The molecule has 1 aliphatic heterocycles. The Morgan fingerprint density at radius 3 is 2.26 bits per heavy atom. The third-order valence-corrected chi connectivity index (χ3v) is 7.01. The van der Waals surface area contributed by atoms with Crippen molar-refractivity contribution in [3.8, 4) is 0 Å². The second kappa shape index (κ2) is 9.15. The van der Waals surface area contributed by atoms with Crippen LogP contribution in [-0.4, -0.2) is 57.8 Å². The second-order valence-electron chi connectivity index (χ2n) is 7.58. The average molecular weight is 449 g/mol. The van der Waals surface area contributed by atoms with Gasteiger partial charge in [0.2, 0.25) is 15.8 Å². The number of hydrogen-bond donors (Lipinski definition) is 0. The fourth-order valence-electron chi connectivity index (χ4n) is 3.41. The molecule has 2 aromatic rings. The van der Waals surface area contributed by atoms with Crippen LogP contribution in [0.25, 0.3) is 0 Å². The molecule has 0 radical (unpaired) electrons. The van der Waals surface area contributed by atoms with Crippen molar-refractivity contribution < 1.29 is 27.1 Å². The lowest BCUT2D eigenvalue weighted by molar-refractivity contribution is 0.0319. The molecular weight excluding hydrogens is 423 g/mol. The first-order valence-corrected chi connectivity index (χ1v) is 11.4. The molecule has 7 nitrogen and oxygen atoms in total. The van der Waals surface area contributed by atoms with Gasteiger partial charge in [-0.25, -0.2) is 21.9 Å². The summed E-state index contributed by atoms with van der Waals surface area (Å²) in [6.45, 7) is 2.91. The largest absolute Gasteiger partial charge is 0.451 e. The Kier molecular flexibility index (Phi) is 6.76. The Hall–Kier alpha value is -2.78. The summed E-state index contributed by atoms with van der Waals surface area (Å²) in [7, 11) is -0.945. The maximum Gasteiger partial charge on any atom is 0.341 e. The molecule has 2 aromatic carbocycles. The minimum atomic E-state index is -3.76. The summed E-state index contributed by atoms with van der Waals surface area (Å²) in [6.07, 6.45) is 0.802. The fourth-order valence-corrected chi connectivity index (χ4v) is 4.34. The normalized spacial score (nSPS) is 15.2. The number of carbonyl (C=O) groups excluding carboxylic acids is 2. The van der Waals surface area contributed by atoms with Gasteiger partial charge in [-0.2, -0.15) is 0 Å². The van der Waals surface area contributed by atoms with Gasteiger partial charge in [0.15, 0.2) is 6.10 Å². The van der Waals surface area contributed by atoms with Crippen LogP contribution in [0.1, 0.15) is 40.5 Å². The molecule has 0 aromatic heterocycles. The number of ether oxygens (including phenoxy) is 1. The van der Waals surface area contributed by atoms with Crippen LogP contribution in [-0.2, 0) is 14.8 Å². The van der Waals surface area contributed by atoms with Crippen LogP contribution in [0.5, 0.6) is 0 Å². The molecule has 0 bridgehead atoms. The molecule has 1 heterocycles. The van der Waals surface area contributed by atoms with E-state index >= 15 is 0 Å². The van der Waals surface area contributed by atoms with E-state index in [4.69, 9.17) is 4.74 Å². The number of rotatable bonds is 7. The van der Waals surface area contributed by atoms with Crippen LogP contribution in [0, 0.1) is 5.82 Å². The summed E-state index contributed by atoms with van der Waals surface area (Å²) in [4.78, 5) is 27.5. The van der Waals surface area contributed by atoms with E-state index in [1.807, 2.05) is 4.90 Å². The monoisotopic (exact) mass is 448 g/mol. The van der Waals surface area contributed by atoms with Crippen LogP contribution in [0.3, 0.4) is 0 Å². The molecular formula is C22H25FN2O5S. The smallest absolute Gasteiger partial charge is 0.341 e. The molecule has 0 saturated carbocycles. The van der Waals surface area contributed by atoms with Crippen LogP contribution >= 0.6 is 0 Å². The lowest BCUT2D eigenvalue weighted by atomic mass is 10.1. The summed E-state index contributed by atoms with van der Waals surface area (Å²) in [5.74, 6) is -1.75. The molecule has 9 heteroatoms. The number of halogens is 1. The Morgan fingerprint density at radius 2 is 1.68 bits per heavy atom. The number of anilines is 1. The molecule has 31 heavy (non-hydrogen) atoms. The van der Waals surface area contributed by atoms with E-state index in [1.54, 1.807) is 6.07 Å². The lowest BCUT2D eigenvalue weighted by Gasteiger charge is -2.23. The topological polar surface area (TPSA) is 84.0 Å². The first-order chi connectivity index (χ1) is 14.6. The highest BCUT2D eigenvalue weighted by Crippen LogP contribution is 2.29. The number of carbonyl (C=O) groups is 2. The van der Waals surface area contributed by atoms with Crippen molar-refractivity contribution in [3.05, 3.63) is 59.4 Å². The molecule has 0 spiro atoms.